The molecule has 27 heavy (non-hydrogen) atoms. The van der Waals surface area contributed by atoms with Gasteiger partial charge < -0.3 is 10.6 Å². The molecule has 1 aliphatic heterocycles. The number of amides is 1. The van der Waals surface area contributed by atoms with Crippen LogP contribution in [0.5, 0.6) is 0 Å². The van der Waals surface area contributed by atoms with Crippen LogP contribution in [-0.4, -0.2) is 11.7 Å². The van der Waals surface area contributed by atoms with Crippen molar-refractivity contribution in [1.29, 1.82) is 0 Å². The number of fused-ring (bicyclic) bond motifs is 1. The molecular weight excluding hydrogens is 336 g/mol. The highest BCUT2D eigenvalue weighted by molar-refractivity contribution is 5.97. The fourth-order valence-corrected chi connectivity index (χ4v) is 3.36. The number of nitrogens with one attached hydrogen (secondary N) is 2. The van der Waals surface area contributed by atoms with Gasteiger partial charge in [-0.05, 0) is 35.1 Å². The van der Waals surface area contributed by atoms with Gasteiger partial charge in [-0.1, -0.05) is 55.8 Å². The van der Waals surface area contributed by atoms with Gasteiger partial charge in [0.25, 0.3) is 0 Å². The van der Waals surface area contributed by atoms with Crippen molar-refractivity contribution in [2.45, 2.75) is 58.7 Å². The molecule has 1 heterocycles. The molecule has 0 fully saturated rings. The smallest absolute Gasteiger partial charge is 0.220 e. The van der Waals surface area contributed by atoms with Gasteiger partial charge in [0.05, 0.1) is 0 Å². The number of unbranched alkanes of at least 4 members (excludes halogenated alkanes) is 1. The molecule has 0 aromatic heterocycles. The summed E-state index contributed by atoms with van der Waals surface area (Å²) >= 11 is 0. The molecule has 2 N–H and O–H groups in total. The third-order valence-electron chi connectivity index (χ3n) is 5.07. The molecule has 142 valence electrons. The summed E-state index contributed by atoms with van der Waals surface area (Å²) in [5.74, 6) is -0.0580. The van der Waals surface area contributed by atoms with Crippen molar-refractivity contribution >= 4 is 11.7 Å². The lowest BCUT2D eigenvalue weighted by Gasteiger charge is -2.07. The molecule has 0 atom stereocenters. The predicted octanol–water partition coefficient (Wildman–Crippen LogP) is 3.91. The molecular formula is C23H28N2O2. The largest absolute Gasteiger partial charge is 0.352 e. The van der Waals surface area contributed by atoms with Crippen LogP contribution < -0.4 is 10.6 Å². The number of aryl methyl sites for hydroxylation is 1. The van der Waals surface area contributed by atoms with Gasteiger partial charge in [0.2, 0.25) is 5.91 Å². The lowest BCUT2D eigenvalue weighted by Crippen LogP contribution is -2.23. The molecule has 0 saturated heterocycles. The number of Topliss-reactive ketones (excluding diaryl/α,β-unsaturated/α-hetero) is 1. The van der Waals surface area contributed by atoms with Crippen molar-refractivity contribution in [3.63, 3.8) is 0 Å². The van der Waals surface area contributed by atoms with Crippen molar-refractivity contribution in [2.24, 2.45) is 0 Å². The summed E-state index contributed by atoms with van der Waals surface area (Å²) in [6.07, 6.45) is 3.84. The number of ketones is 1. The Morgan fingerprint density at radius 1 is 0.963 bits per heavy atom. The van der Waals surface area contributed by atoms with E-state index < -0.39 is 0 Å². The number of carbonyl (C=O) groups excluding carboxylic acids is 2. The molecule has 0 radical (unpaired) electrons. The first kappa shape index (κ1) is 19.3. The predicted molar refractivity (Wildman–Crippen MR) is 107 cm³/mol. The molecule has 1 aliphatic rings. The second-order valence-electron chi connectivity index (χ2n) is 7.21. The molecule has 0 bridgehead atoms. The van der Waals surface area contributed by atoms with Crippen LogP contribution in [0, 0.1) is 0 Å². The molecule has 4 nitrogen and oxygen atoms in total. The maximum absolute atomic E-state index is 12.3. The van der Waals surface area contributed by atoms with Crippen LogP contribution in [0.1, 0.15) is 65.2 Å². The highest BCUT2D eigenvalue weighted by Crippen LogP contribution is 2.17. The van der Waals surface area contributed by atoms with Crippen LogP contribution in [0.25, 0.3) is 0 Å². The standard InChI is InChI=1S/C23H28N2O2/c1-2-3-4-17-5-8-19(9-6-17)22(26)11-12-23(27)25-14-18-7-10-20-15-24-16-21(20)13-18/h5-10,13,24H,2-4,11-12,14-16H2,1H3,(H,25,27). The zero-order valence-electron chi connectivity index (χ0n) is 16.0. The van der Waals surface area contributed by atoms with Crippen molar-refractivity contribution in [1.82, 2.24) is 10.6 Å². The van der Waals surface area contributed by atoms with Gasteiger partial charge in [-0.2, -0.15) is 0 Å². The number of rotatable bonds is 9. The van der Waals surface area contributed by atoms with E-state index >= 15 is 0 Å². The van der Waals surface area contributed by atoms with E-state index in [0.29, 0.717) is 12.1 Å². The molecule has 4 heteroatoms. The number of benzene rings is 2. The SMILES string of the molecule is CCCCc1ccc(C(=O)CCC(=O)NCc2ccc3c(c2)CNC3)cc1. The minimum absolute atomic E-state index is 0.0239. The molecule has 1 amide bonds. The summed E-state index contributed by atoms with van der Waals surface area (Å²) in [6.45, 7) is 4.49. The van der Waals surface area contributed by atoms with Gasteiger partial charge in [0.15, 0.2) is 5.78 Å². The highest BCUT2D eigenvalue weighted by Gasteiger charge is 2.12. The van der Waals surface area contributed by atoms with Crippen LogP contribution in [0.4, 0.5) is 0 Å². The summed E-state index contributed by atoms with van der Waals surface area (Å²) in [4.78, 5) is 24.4. The molecule has 2 aromatic carbocycles. The van der Waals surface area contributed by atoms with Crippen LogP contribution >= 0.6 is 0 Å². The first-order valence-electron chi connectivity index (χ1n) is 9.86. The minimum Gasteiger partial charge on any atom is -0.352 e. The third kappa shape index (κ3) is 5.51. The summed E-state index contributed by atoms with van der Waals surface area (Å²) in [7, 11) is 0. The summed E-state index contributed by atoms with van der Waals surface area (Å²) < 4.78 is 0. The number of hydrogen-bond donors (Lipinski definition) is 2. The summed E-state index contributed by atoms with van der Waals surface area (Å²) in [5.41, 5.74) is 5.68. The van der Waals surface area contributed by atoms with Crippen LogP contribution in [-0.2, 0) is 30.8 Å². The number of hydrogen-bond acceptors (Lipinski definition) is 3. The Morgan fingerprint density at radius 3 is 2.48 bits per heavy atom. The van der Waals surface area contributed by atoms with Crippen LogP contribution in [0.3, 0.4) is 0 Å². The van der Waals surface area contributed by atoms with Crippen molar-refractivity contribution in [2.75, 3.05) is 0 Å². The number of carbonyl (C=O) groups is 2. The van der Waals surface area contributed by atoms with Gasteiger partial charge in [-0.3, -0.25) is 9.59 Å². The van der Waals surface area contributed by atoms with Gasteiger partial charge >= 0.3 is 0 Å². The fraction of sp³-hybridized carbons (Fsp3) is 0.391. The summed E-state index contributed by atoms with van der Waals surface area (Å²) in [5, 5.41) is 6.23. The monoisotopic (exact) mass is 364 g/mol. The Kier molecular flexibility index (Phi) is 6.77. The second-order valence-corrected chi connectivity index (χ2v) is 7.21. The molecule has 3 rings (SSSR count). The van der Waals surface area contributed by atoms with E-state index in [1.165, 1.54) is 16.7 Å². The first-order valence-corrected chi connectivity index (χ1v) is 9.86. The lowest BCUT2D eigenvalue weighted by atomic mass is 10.0. The van der Waals surface area contributed by atoms with E-state index in [1.807, 2.05) is 24.3 Å². The molecule has 0 saturated carbocycles. The quantitative estimate of drug-likeness (QED) is 0.663. The topological polar surface area (TPSA) is 58.2 Å². The zero-order chi connectivity index (χ0) is 19.1. The van der Waals surface area contributed by atoms with Gasteiger partial charge in [-0.15, -0.1) is 0 Å². The molecule has 0 unspecified atom stereocenters. The fourth-order valence-electron chi connectivity index (χ4n) is 3.36. The van der Waals surface area contributed by atoms with Crippen molar-refractivity contribution < 1.29 is 9.59 Å². The Balaban J connectivity index is 1.42. The third-order valence-corrected chi connectivity index (χ3v) is 5.07. The Morgan fingerprint density at radius 2 is 1.70 bits per heavy atom. The average Bonchev–Trinajstić information content (AvgIpc) is 3.17. The van der Waals surface area contributed by atoms with Gasteiger partial charge in [0.1, 0.15) is 0 Å². The zero-order valence-corrected chi connectivity index (χ0v) is 16.0. The van der Waals surface area contributed by atoms with E-state index in [0.717, 1.165) is 37.9 Å². The highest BCUT2D eigenvalue weighted by atomic mass is 16.2. The first-order chi connectivity index (χ1) is 13.2. The van der Waals surface area contributed by atoms with E-state index in [1.54, 1.807) is 0 Å². The molecule has 2 aromatic rings. The molecule has 0 spiro atoms. The Bertz CT molecular complexity index is 797. The minimum atomic E-state index is -0.0819. The van der Waals surface area contributed by atoms with Crippen molar-refractivity contribution in [3.8, 4) is 0 Å². The van der Waals surface area contributed by atoms with E-state index in [4.69, 9.17) is 0 Å². The Hall–Kier alpha value is -2.46. The molecule has 0 aliphatic carbocycles. The van der Waals surface area contributed by atoms with Crippen molar-refractivity contribution in [3.05, 3.63) is 70.3 Å². The van der Waals surface area contributed by atoms with E-state index in [2.05, 4.69) is 35.8 Å². The maximum atomic E-state index is 12.3. The maximum Gasteiger partial charge on any atom is 0.220 e. The average molecular weight is 364 g/mol. The van der Waals surface area contributed by atoms with Crippen LogP contribution in [0.2, 0.25) is 0 Å². The van der Waals surface area contributed by atoms with E-state index in [-0.39, 0.29) is 24.5 Å². The normalized spacial score (nSPS) is 12.6. The summed E-state index contributed by atoms with van der Waals surface area (Å²) in [6, 6.07) is 14.1. The van der Waals surface area contributed by atoms with Gasteiger partial charge in [0, 0.05) is 38.0 Å². The Labute approximate surface area is 161 Å². The lowest BCUT2D eigenvalue weighted by molar-refractivity contribution is -0.121. The second kappa shape index (κ2) is 9.47. The van der Waals surface area contributed by atoms with Gasteiger partial charge in [-0.25, -0.2) is 0 Å². The van der Waals surface area contributed by atoms with E-state index in [9.17, 15) is 9.59 Å². The van der Waals surface area contributed by atoms with Crippen LogP contribution in [0.15, 0.2) is 42.5 Å².